The average molecular weight is 405 g/mol. The third kappa shape index (κ3) is 3.88. The minimum atomic E-state index is 0. The number of nitrogens with one attached hydrogen (secondary N) is 1. The number of ether oxygens (including phenoxy) is 1. The largest absolute Gasteiger partial charge is 0.381 e. The molecular weight excluding hydrogens is 381 g/mol. The van der Waals surface area contributed by atoms with E-state index >= 15 is 0 Å². The first kappa shape index (κ1) is 16.5. The number of hydrogen-bond donors (Lipinski definition) is 1. The molecule has 2 saturated heterocycles. The number of hydrogen-bond acceptors (Lipinski definition) is 3. The van der Waals surface area contributed by atoms with Crippen LogP contribution in [0.15, 0.2) is 23.5 Å². The molecule has 1 unspecified atom stereocenters. The Balaban J connectivity index is 0.00000161. The zero-order valence-corrected chi connectivity index (χ0v) is 14.8. The summed E-state index contributed by atoms with van der Waals surface area (Å²) in [7, 11) is 1.85. The molecule has 6 nitrogen and oxygen atoms in total. The van der Waals surface area contributed by atoms with Gasteiger partial charge in [-0.25, -0.2) is 0 Å². The summed E-state index contributed by atoms with van der Waals surface area (Å²) in [5, 5.41) is 7.63. The van der Waals surface area contributed by atoms with Gasteiger partial charge in [-0.2, -0.15) is 5.10 Å². The minimum absolute atomic E-state index is 0. The predicted molar refractivity (Wildman–Crippen MR) is 93.1 cm³/mol. The summed E-state index contributed by atoms with van der Waals surface area (Å²) in [6.45, 7) is 5.66. The van der Waals surface area contributed by atoms with Crippen LogP contribution in [0.1, 0.15) is 12.8 Å². The number of aliphatic imine (C=N–C) groups is 1. The summed E-state index contributed by atoms with van der Waals surface area (Å²) in [4.78, 5) is 6.76. The van der Waals surface area contributed by atoms with Crippen LogP contribution in [0, 0.1) is 5.41 Å². The topological polar surface area (TPSA) is 54.7 Å². The van der Waals surface area contributed by atoms with E-state index in [1.54, 1.807) is 6.20 Å². The van der Waals surface area contributed by atoms with Crippen molar-refractivity contribution >= 4 is 29.9 Å². The van der Waals surface area contributed by atoms with E-state index in [0.717, 1.165) is 45.4 Å². The van der Waals surface area contributed by atoms with E-state index in [0.29, 0.717) is 5.41 Å². The van der Waals surface area contributed by atoms with Crippen LogP contribution in [0.2, 0.25) is 0 Å². The SMILES string of the molecule is CN=C(NCCn1cccn1)N1CCC2(CCOC2)C1.I. The predicted octanol–water partition coefficient (Wildman–Crippen LogP) is 1.19. The first-order valence-corrected chi connectivity index (χ1v) is 7.32. The first-order valence-electron chi connectivity index (χ1n) is 7.32. The van der Waals surface area contributed by atoms with Crippen molar-refractivity contribution in [2.45, 2.75) is 19.4 Å². The Morgan fingerprint density at radius 3 is 3.05 bits per heavy atom. The van der Waals surface area contributed by atoms with E-state index in [2.05, 4.69) is 20.3 Å². The molecule has 3 rings (SSSR count). The molecule has 2 fully saturated rings. The second kappa shape index (κ2) is 7.44. The number of halogens is 1. The third-order valence-corrected chi connectivity index (χ3v) is 4.32. The van der Waals surface area contributed by atoms with Crippen molar-refractivity contribution in [3.05, 3.63) is 18.5 Å². The van der Waals surface area contributed by atoms with Crippen LogP contribution in [0.4, 0.5) is 0 Å². The van der Waals surface area contributed by atoms with Crippen molar-refractivity contribution < 1.29 is 4.74 Å². The van der Waals surface area contributed by atoms with E-state index in [1.165, 1.54) is 12.8 Å². The van der Waals surface area contributed by atoms with Gasteiger partial charge in [-0.05, 0) is 18.9 Å². The Morgan fingerprint density at radius 1 is 1.48 bits per heavy atom. The zero-order valence-electron chi connectivity index (χ0n) is 12.5. The minimum Gasteiger partial charge on any atom is -0.381 e. The van der Waals surface area contributed by atoms with E-state index < -0.39 is 0 Å². The Bertz CT molecular complexity index is 456. The van der Waals surface area contributed by atoms with Gasteiger partial charge in [-0.3, -0.25) is 9.67 Å². The Hall–Kier alpha value is -0.830. The van der Waals surface area contributed by atoms with E-state index in [4.69, 9.17) is 4.74 Å². The number of nitrogens with zero attached hydrogens (tertiary/aromatic N) is 4. The maximum Gasteiger partial charge on any atom is 0.193 e. The molecule has 3 heterocycles. The van der Waals surface area contributed by atoms with Crippen molar-refractivity contribution in [1.29, 1.82) is 0 Å². The summed E-state index contributed by atoms with van der Waals surface area (Å²) in [6, 6.07) is 1.94. The molecule has 0 bridgehead atoms. The molecule has 2 aliphatic rings. The van der Waals surface area contributed by atoms with Crippen LogP contribution in [-0.4, -0.2) is 60.5 Å². The van der Waals surface area contributed by atoms with Gasteiger partial charge >= 0.3 is 0 Å². The molecular formula is C14H24IN5O. The summed E-state index contributed by atoms with van der Waals surface area (Å²) in [5.41, 5.74) is 0.375. The molecule has 7 heteroatoms. The van der Waals surface area contributed by atoms with Crippen molar-refractivity contribution in [2.24, 2.45) is 10.4 Å². The van der Waals surface area contributed by atoms with Gasteiger partial charge in [0.25, 0.3) is 0 Å². The smallest absolute Gasteiger partial charge is 0.193 e. The summed E-state index contributed by atoms with van der Waals surface area (Å²) in [5.74, 6) is 1.00. The lowest BCUT2D eigenvalue weighted by Gasteiger charge is -2.24. The van der Waals surface area contributed by atoms with Crippen molar-refractivity contribution in [3.63, 3.8) is 0 Å². The lowest BCUT2D eigenvalue weighted by Crippen LogP contribution is -2.42. The first-order chi connectivity index (χ1) is 9.81. The molecule has 1 spiro atoms. The average Bonchev–Trinajstić information content (AvgIpc) is 3.19. The highest BCUT2D eigenvalue weighted by molar-refractivity contribution is 14.0. The van der Waals surface area contributed by atoms with Gasteiger partial charge in [-0.1, -0.05) is 0 Å². The Labute approximate surface area is 143 Å². The molecule has 0 saturated carbocycles. The quantitative estimate of drug-likeness (QED) is 0.467. The number of guanidine groups is 1. The molecule has 0 aliphatic carbocycles. The highest BCUT2D eigenvalue weighted by Crippen LogP contribution is 2.38. The fourth-order valence-electron chi connectivity index (χ4n) is 3.13. The van der Waals surface area contributed by atoms with Crippen molar-refractivity contribution in [3.8, 4) is 0 Å². The molecule has 118 valence electrons. The molecule has 0 amide bonds. The van der Waals surface area contributed by atoms with Crippen LogP contribution in [0.5, 0.6) is 0 Å². The monoisotopic (exact) mass is 405 g/mol. The highest BCUT2D eigenvalue weighted by atomic mass is 127. The van der Waals surface area contributed by atoms with Gasteiger partial charge in [-0.15, -0.1) is 24.0 Å². The molecule has 2 aliphatic heterocycles. The van der Waals surface area contributed by atoms with Crippen LogP contribution in [0.25, 0.3) is 0 Å². The Kier molecular flexibility index (Phi) is 5.86. The molecule has 0 radical (unpaired) electrons. The second-order valence-corrected chi connectivity index (χ2v) is 5.72. The highest BCUT2D eigenvalue weighted by Gasteiger charge is 2.42. The third-order valence-electron chi connectivity index (χ3n) is 4.32. The second-order valence-electron chi connectivity index (χ2n) is 5.72. The molecule has 1 N–H and O–H groups in total. The molecule has 21 heavy (non-hydrogen) atoms. The molecule has 1 aromatic heterocycles. The van der Waals surface area contributed by atoms with Gasteiger partial charge < -0.3 is 15.0 Å². The lowest BCUT2D eigenvalue weighted by atomic mass is 9.87. The normalized spacial score (nSPS) is 25.4. The van der Waals surface area contributed by atoms with E-state index in [-0.39, 0.29) is 24.0 Å². The van der Waals surface area contributed by atoms with Gasteiger partial charge in [0.15, 0.2) is 5.96 Å². The maximum absolute atomic E-state index is 5.58. The maximum atomic E-state index is 5.58. The van der Waals surface area contributed by atoms with Gasteiger partial charge in [0.2, 0.25) is 0 Å². The van der Waals surface area contributed by atoms with Crippen LogP contribution in [0.3, 0.4) is 0 Å². The van der Waals surface area contributed by atoms with Crippen LogP contribution in [-0.2, 0) is 11.3 Å². The van der Waals surface area contributed by atoms with E-state index in [1.807, 2.05) is 24.0 Å². The van der Waals surface area contributed by atoms with Crippen molar-refractivity contribution in [2.75, 3.05) is 39.9 Å². The lowest BCUT2D eigenvalue weighted by molar-refractivity contribution is 0.156. The van der Waals surface area contributed by atoms with Crippen LogP contribution >= 0.6 is 24.0 Å². The number of likely N-dealkylation sites (tertiary alicyclic amines) is 1. The summed E-state index contributed by atoms with van der Waals surface area (Å²) in [6.07, 6.45) is 6.19. The fraction of sp³-hybridized carbons (Fsp3) is 0.714. The summed E-state index contributed by atoms with van der Waals surface area (Å²) < 4.78 is 7.50. The number of rotatable bonds is 3. The molecule has 0 aromatic carbocycles. The van der Waals surface area contributed by atoms with Gasteiger partial charge in [0.1, 0.15) is 0 Å². The Morgan fingerprint density at radius 2 is 2.38 bits per heavy atom. The standard InChI is InChI=1S/C14H23N5O.HI/c1-15-13(16-6-9-19-7-2-5-17-19)18-8-3-14(11-18)4-10-20-12-14;/h2,5,7H,3-4,6,8-12H2,1H3,(H,15,16);1H. The van der Waals surface area contributed by atoms with Crippen LogP contribution < -0.4 is 5.32 Å². The number of aromatic nitrogens is 2. The summed E-state index contributed by atoms with van der Waals surface area (Å²) >= 11 is 0. The van der Waals surface area contributed by atoms with Gasteiger partial charge in [0, 0.05) is 51.1 Å². The fourth-order valence-corrected chi connectivity index (χ4v) is 3.13. The van der Waals surface area contributed by atoms with Gasteiger partial charge in [0.05, 0.1) is 13.2 Å². The van der Waals surface area contributed by atoms with Crippen molar-refractivity contribution in [1.82, 2.24) is 20.0 Å². The molecule has 1 atom stereocenters. The zero-order chi connectivity index (χ0) is 13.8. The molecule has 1 aromatic rings. The van der Waals surface area contributed by atoms with E-state index in [9.17, 15) is 0 Å².